The number of pyridine rings is 1. The summed E-state index contributed by atoms with van der Waals surface area (Å²) in [4.78, 5) is 34.5. The largest absolute Gasteiger partial charge is 0.477 e. The summed E-state index contributed by atoms with van der Waals surface area (Å²) in [6.07, 6.45) is 1.33. The van der Waals surface area contributed by atoms with Gasteiger partial charge in [-0.3, -0.25) is 9.59 Å². The molecule has 0 saturated carbocycles. The van der Waals surface area contributed by atoms with Crippen LogP contribution in [-0.4, -0.2) is 21.4 Å². The number of carboxylic acid groups (broad SMARTS) is 1. The summed E-state index contributed by atoms with van der Waals surface area (Å²) in [5.74, 6) is -1.42. The first kappa shape index (κ1) is 13.0. The number of aromatic nitrogens is 1. The van der Waals surface area contributed by atoms with E-state index in [0.29, 0.717) is 17.6 Å². The molecule has 1 N–H and O–H groups in total. The van der Waals surface area contributed by atoms with Crippen LogP contribution in [0.3, 0.4) is 0 Å². The third kappa shape index (κ3) is 2.14. The van der Waals surface area contributed by atoms with Crippen molar-refractivity contribution < 1.29 is 14.7 Å². The van der Waals surface area contributed by atoms with Crippen molar-refractivity contribution in [3.63, 3.8) is 0 Å². The molecule has 0 radical (unpaired) electrons. The maximum Gasteiger partial charge on any atom is 0.341 e. The van der Waals surface area contributed by atoms with Crippen LogP contribution in [0.1, 0.15) is 34.6 Å². The molecule has 5 heteroatoms. The standard InChI is InChI=1S/C14H13NO4/c1-3-15-7-11(14(18)19)13(17)10-6-9(8(2)16)4-5-12(10)15/h4-7H,3H2,1-2H3,(H,18,19). The molecule has 0 bridgehead atoms. The van der Waals surface area contributed by atoms with Gasteiger partial charge in [0.25, 0.3) is 0 Å². The maximum absolute atomic E-state index is 12.1. The van der Waals surface area contributed by atoms with E-state index < -0.39 is 11.4 Å². The fourth-order valence-corrected chi connectivity index (χ4v) is 2.03. The molecular formula is C14H13NO4. The number of benzene rings is 1. The van der Waals surface area contributed by atoms with Crippen LogP contribution in [0.15, 0.2) is 29.2 Å². The molecule has 5 nitrogen and oxygen atoms in total. The summed E-state index contributed by atoms with van der Waals surface area (Å²) in [6.45, 7) is 3.80. The van der Waals surface area contributed by atoms with Crippen LogP contribution in [0, 0.1) is 0 Å². The Balaban J connectivity index is 2.92. The van der Waals surface area contributed by atoms with Gasteiger partial charge in [0.05, 0.1) is 5.52 Å². The third-order valence-corrected chi connectivity index (χ3v) is 3.06. The molecule has 0 atom stereocenters. The molecular weight excluding hydrogens is 246 g/mol. The second-order valence-electron chi connectivity index (χ2n) is 4.25. The van der Waals surface area contributed by atoms with Gasteiger partial charge in [0.15, 0.2) is 5.78 Å². The quantitative estimate of drug-likeness (QED) is 0.854. The third-order valence-electron chi connectivity index (χ3n) is 3.06. The van der Waals surface area contributed by atoms with Crippen molar-refractivity contribution in [2.75, 3.05) is 0 Å². The highest BCUT2D eigenvalue weighted by molar-refractivity contribution is 5.99. The zero-order valence-electron chi connectivity index (χ0n) is 10.6. The van der Waals surface area contributed by atoms with E-state index in [1.54, 1.807) is 16.7 Å². The predicted molar refractivity (Wildman–Crippen MR) is 70.8 cm³/mol. The smallest absolute Gasteiger partial charge is 0.341 e. The molecule has 0 saturated heterocycles. The zero-order valence-corrected chi connectivity index (χ0v) is 10.6. The summed E-state index contributed by atoms with van der Waals surface area (Å²) in [6, 6.07) is 4.76. The molecule has 0 aliphatic heterocycles. The van der Waals surface area contributed by atoms with Crippen molar-refractivity contribution >= 4 is 22.7 Å². The van der Waals surface area contributed by atoms with E-state index in [1.165, 1.54) is 19.2 Å². The molecule has 0 unspecified atom stereocenters. The summed E-state index contributed by atoms with van der Waals surface area (Å²) >= 11 is 0. The molecule has 0 aliphatic carbocycles. The Hall–Kier alpha value is -2.43. The van der Waals surface area contributed by atoms with Crippen LogP contribution >= 0.6 is 0 Å². The average molecular weight is 259 g/mol. The summed E-state index contributed by atoms with van der Waals surface area (Å²) < 4.78 is 1.68. The van der Waals surface area contributed by atoms with Gasteiger partial charge in [0.2, 0.25) is 5.43 Å². The number of aromatic carboxylic acids is 1. The maximum atomic E-state index is 12.1. The van der Waals surface area contributed by atoms with Crippen LogP contribution in [0.2, 0.25) is 0 Å². The van der Waals surface area contributed by atoms with Crippen molar-refractivity contribution in [1.82, 2.24) is 4.57 Å². The Kier molecular flexibility index (Phi) is 3.21. The van der Waals surface area contributed by atoms with E-state index in [0.717, 1.165) is 0 Å². The molecule has 1 heterocycles. The molecule has 2 aromatic rings. The van der Waals surface area contributed by atoms with Gasteiger partial charge in [0.1, 0.15) is 5.56 Å². The van der Waals surface area contributed by atoms with Crippen LogP contribution in [0.4, 0.5) is 0 Å². The predicted octanol–water partition coefficient (Wildman–Crippen LogP) is 1.92. The van der Waals surface area contributed by atoms with Gasteiger partial charge in [-0.15, -0.1) is 0 Å². The number of rotatable bonds is 3. The highest BCUT2D eigenvalue weighted by atomic mass is 16.4. The molecule has 98 valence electrons. The molecule has 2 rings (SSSR count). The van der Waals surface area contributed by atoms with Gasteiger partial charge in [0, 0.05) is 23.7 Å². The Morgan fingerprint density at radius 2 is 2.00 bits per heavy atom. The van der Waals surface area contributed by atoms with Crippen molar-refractivity contribution in [2.24, 2.45) is 0 Å². The minimum absolute atomic E-state index is 0.162. The van der Waals surface area contributed by atoms with E-state index in [4.69, 9.17) is 5.11 Å². The number of Topliss-reactive ketones (excluding diaryl/α,β-unsaturated/α-hetero) is 1. The van der Waals surface area contributed by atoms with Crippen molar-refractivity contribution in [3.8, 4) is 0 Å². The fraction of sp³-hybridized carbons (Fsp3) is 0.214. The van der Waals surface area contributed by atoms with Crippen molar-refractivity contribution in [3.05, 3.63) is 45.7 Å². The Bertz CT molecular complexity index is 743. The zero-order chi connectivity index (χ0) is 14.2. The number of ketones is 1. The first-order valence-electron chi connectivity index (χ1n) is 5.87. The number of carbonyl (C=O) groups is 2. The minimum atomic E-state index is -1.26. The number of hydrogen-bond donors (Lipinski definition) is 1. The number of hydrogen-bond acceptors (Lipinski definition) is 3. The lowest BCUT2D eigenvalue weighted by Gasteiger charge is -2.10. The minimum Gasteiger partial charge on any atom is -0.477 e. The van der Waals surface area contributed by atoms with E-state index in [-0.39, 0.29) is 16.7 Å². The lowest BCUT2D eigenvalue weighted by Crippen LogP contribution is -2.19. The van der Waals surface area contributed by atoms with Gasteiger partial charge in [-0.25, -0.2) is 4.79 Å². The van der Waals surface area contributed by atoms with Crippen LogP contribution < -0.4 is 5.43 Å². The second kappa shape index (κ2) is 4.68. The lowest BCUT2D eigenvalue weighted by atomic mass is 10.1. The van der Waals surface area contributed by atoms with Crippen LogP contribution in [0.5, 0.6) is 0 Å². The molecule has 0 spiro atoms. The number of aryl methyl sites for hydroxylation is 1. The van der Waals surface area contributed by atoms with E-state index in [9.17, 15) is 14.4 Å². The number of nitrogens with zero attached hydrogens (tertiary/aromatic N) is 1. The molecule has 0 amide bonds. The number of carbonyl (C=O) groups excluding carboxylic acids is 1. The van der Waals surface area contributed by atoms with Gasteiger partial charge in [-0.2, -0.15) is 0 Å². The first-order chi connectivity index (χ1) is 8.95. The van der Waals surface area contributed by atoms with Crippen molar-refractivity contribution in [2.45, 2.75) is 20.4 Å². The summed E-state index contributed by atoms with van der Waals surface area (Å²) in [5.41, 5.74) is 0.183. The van der Waals surface area contributed by atoms with Gasteiger partial charge < -0.3 is 9.67 Å². The van der Waals surface area contributed by atoms with E-state index >= 15 is 0 Å². The van der Waals surface area contributed by atoms with Gasteiger partial charge >= 0.3 is 5.97 Å². The van der Waals surface area contributed by atoms with E-state index in [2.05, 4.69) is 0 Å². The Morgan fingerprint density at radius 1 is 1.32 bits per heavy atom. The SMILES string of the molecule is CCn1cc(C(=O)O)c(=O)c2cc(C(C)=O)ccc21. The monoisotopic (exact) mass is 259 g/mol. The Labute approximate surface area is 109 Å². The van der Waals surface area contributed by atoms with Crippen LogP contribution in [-0.2, 0) is 6.54 Å². The van der Waals surface area contributed by atoms with Gasteiger partial charge in [-0.1, -0.05) is 0 Å². The van der Waals surface area contributed by atoms with E-state index in [1.807, 2.05) is 6.92 Å². The molecule has 19 heavy (non-hydrogen) atoms. The van der Waals surface area contributed by atoms with Crippen LogP contribution in [0.25, 0.3) is 10.9 Å². The molecule has 1 aromatic heterocycles. The topological polar surface area (TPSA) is 76.4 Å². The fourth-order valence-electron chi connectivity index (χ4n) is 2.03. The first-order valence-corrected chi connectivity index (χ1v) is 5.87. The second-order valence-corrected chi connectivity index (χ2v) is 4.25. The molecule has 0 aliphatic rings. The lowest BCUT2D eigenvalue weighted by molar-refractivity contribution is 0.0694. The average Bonchev–Trinajstić information content (AvgIpc) is 2.38. The normalized spacial score (nSPS) is 10.6. The molecule has 1 aromatic carbocycles. The molecule has 0 fully saturated rings. The highest BCUT2D eigenvalue weighted by Gasteiger charge is 2.14. The summed E-state index contributed by atoms with van der Waals surface area (Å²) in [5, 5.41) is 9.30. The van der Waals surface area contributed by atoms with Gasteiger partial charge in [-0.05, 0) is 32.0 Å². The van der Waals surface area contributed by atoms with Crippen molar-refractivity contribution in [1.29, 1.82) is 0 Å². The number of fused-ring (bicyclic) bond motifs is 1. The summed E-state index contributed by atoms with van der Waals surface area (Å²) in [7, 11) is 0. The Morgan fingerprint density at radius 3 is 2.53 bits per heavy atom. The number of carboxylic acids is 1. The highest BCUT2D eigenvalue weighted by Crippen LogP contribution is 2.15.